The standard InChI is InChI=1S/C14H17N3O3S/c1-17(11-5-3-10(9-15)4-6-11)14(20)16-12(13(18)19)7-8-21-2/h3-6,12H,7-8H2,1-2H3,(H,16,20)(H,18,19). The quantitative estimate of drug-likeness (QED) is 0.837. The predicted octanol–water partition coefficient (Wildman–Crippen LogP) is 1.91. The number of anilines is 1. The highest BCUT2D eigenvalue weighted by Crippen LogP contribution is 2.14. The molecule has 21 heavy (non-hydrogen) atoms. The number of thioether (sulfide) groups is 1. The molecule has 0 aliphatic carbocycles. The third-order valence-electron chi connectivity index (χ3n) is 2.89. The summed E-state index contributed by atoms with van der Waals surface area (Å²) < 4.78 is 0. The molecule has 0 aromatic heterocycles. The molecule has 0 saturated carbocycles. The maximum Gasteiger partial charge on any atom is 0.326 e. The van der Waals surface area contributed by atoms with Crippen molar-refractivity contribution in [2.45, 2.75) is 12.5 Å². The van der Waals surface area contributed by atoms with E-state index in [2.05, 4.69) is 5.32 Å². The second-order valence-corrected chi connectivity index (χ2v) is 5.33. The van der Waals surface area contributed by atoms with Crippen molar-refractivity contribution >= 4 is 29.4 Å². The SMILES string of the molecule is CSCCC(NC(=O)N(C)c1ccc(C#N)cc1)C(=O)O. The van der Waals surface area contributed by atoms with Crippen molar-refractivity contribution in [2.24, 2.45) is 0 Å². The minimum absolute atomic E-state index is 0.365. The van der Waals surface area contributed by atoms with Gasteiger partial charge in [0, 0.05) is 12.7 Å². The third kappa shape index (κ3) is 5.00. The Labute approximate surface area is 127 Å². The lowest BCUT2D eigenvalue weighted by atomic mass is 10.2. The minimum atomic E-state index is -1.05. The highest BCUT2D eigenvalue weighted by molar-refractivity contribution is 7.98. The van der Waals surface area contributed by atoms with Gasteiger partial charge in [-0.25, -0.2) is 9.59 Å². The van der Waals surface area contributed by atoms with Crippen LogP contribution in [0.3, 0.4) is 0 Å². The van der Waals surface area contributed by atoms with Gasteiger partial charge in [-0.05, 0) is 42.7 Å². The van der Waals surface area contributed by atoms with Crippen molar-refractivity contribution < 1.29 is 14.7 Å². The molecule has 1 aromatic rings. The van der Waals surface area contributed by atoms with Gasteiger partial charge in [-0.2, -0.15) is 17.0 Å². The molecule has 112 valence electrons. The van der Waals surface area contributed by atoms with Gasteiger partial charge >= 0.3 is 12.0 Å². The molecule has 2 amide bonds. The zero-order chi connectivity index (χ0) is 15.8. The molecule has 0 heterocycles. The van der Waals surface area contributed by atoms with Gasteiger partial charge in [0.15, 0.2) is 0 Å². The number of carbonyl (C=O) groups is 2. The lowest BCUT2D eigenvalue weighted by Crippen LogP contribution is -2.47. The van der Waals surface area contributed by atoms with Crippen molar-refractivity contribution in [1.29, 1.82) is 5.26 Å². The topological polar surface area (TPSA) is 93.4 Å². The maximum absolute atomic E-state index is 12.1. The van der Waals surface area contributed by atoms with Crippen LogP contribution in [0.4, 0.5) is 10.5 Å². The zero-order valence-corrected chi connectivity index (χ0v) is 12.7. The molecule has 1 unspecified atom stereocenters. The number of hydrogen-bond acceptors (Lipinski definition) is 4. The molecule has 0 radical (unpaired) electrons. The Kier molecular flexibility index (Phi) is 6.56. The van der Waals surface area contributed by atoms with Crippen LogP contribution in [-0.2, 0) is 4.79 Å². The van der Waals surface area contributed by atoms with Crippen LogP contribution in [-0.4, -0.2) is 42.2 Å². The average molecular weight is 307 g/mol. The summed E-state index contributed by atoms with van der Waals surface area (Å²) in [6.45, 7) is 0. The Bertz CT molecular complexity index is 539. The van der Waals surface area contributed by atoms with Gasteiger partial charge in [-0.3, -0.25) is 4.90 Å². The summed E-state index contributed by atoms with van der Waals surface area (Å²) in [5.74, 6) is -0.400. The molecule has 0 bridgehead atoms. The van der Waals surface area contributed by atoms with Gasteiger partial charge in [0.2, 0.25) is 0 Å². The average Bonchev–Trinajstić information content (AvgIpc) is 2.50. The van der Waals surface area contributed by atoms with E-state index in [1.807, 2.05) is 12.3 Å². The molecule has 0 aliphatic rings. The highest BCUT2D eigenvalue weighted by atomic mass is 32.2. The number of carbonyl (C=O) groups excluding carboxylic acids is 1. The van der Waals surface area contributed by atoms with Crippen LogP contribution >= 0.6 is 11.8 Å². The number of aliphatic carboxylic acids is 1. The molecule has 0 spiro atoms. The Morgan fingerprint density at radius 1 is 1.43 bits per heavy atom. The summed E-state index contributed by atoms with van der Waals surface area (Å²) in [6.07, 6.45) is 2.24. The van der Waals surface area contributed by atoms with Gasteiger partial charge in [0.05, 0.1) is 11.6 Å². The van der Waals surface area contributed by atoms with Crippen molar-refractivity contribution in [3.63, 3.8) is 0 Å². The molecular weight excluding hydrogens is 290 g/mol. The fraction of sp³-hybridized carbons (Fsp3) is 0.357. The molecule has 0 saturated heterocycles. The summed E-state index contributed by atoms with van der Waals surface area (Å²) in [4.78, 5) is 24.5. The molecule has 1 atom stereocenters. The van der Waals surface area contributed by atoms with E-state index < -0.39 is 18.0 Å². The molecular formula is C14H17N3O3S. The Hall–Kier alpha value is -2.20. The number of benzene rings is 1. The predicted molar refractivity (Wildman–Crippen MR) is 82.5 cm³/mol. The first-order valence-corrected chi connectivity index (χ1v) is 7.65. The number of nitrogens with zero attached hydrogens (tertiary/aromatic N) is 2. The van der Waals surface area contributed by atoms with Crippen LogP contribution in [0.15, 0.2) is 24.3 Å². The second kappa shape index (κ2) is 8.17. The summed E-state index contributed by atoms with van der Waals surface area (Å²) in [7, 11) is 1.55. The van der Waals surface area contributed by atoms with E-state index in [4.69, 9.17) is 10.4 Å². The largest absolute Gasteiger partial charge is 0.480 e. The Morgan fingerprint density at radius 3 is 2.52 bits per heavy atom. The summed E-state index contributed by atoms with van der Waals surface area (Å²) in [5.41, 5.74) is 1.08. The molecule has 7 heteroatoms. The smallest absolute Gasteiger partial charge is 0.326 e. The van der Waals surface area contributed by atoms with E-state index in [9.17, 15) is 9.59 Å². The maximum atomic E-state index is 12.1. The van der Waals surface area contributed by atoms with Gasteiger partial charge in [-0.1, -0.05) is 0 Å². The van der Waals surface area contributed by atoms with E-state index in [0.717, 1.165) is 0 Å². The van der Waals surface area contributed by atoms with Crippen LogP contribution in [0, 0.1) is 11.3 Å². The lowest BCUT2D eigenvalue weighted by Gasteiger charge is -2.21. The van der Waals surface area contributed by atoms with Gasteiger partial charge in [-0.15, -0.1) is 0 Å². The second-order valence-electron chi connectivity index (χ2n) is 4.34. The lowest BCUT2D eigenvalue weighted by molar-refractivity contribution is -0.139. The number of nitrogens with one attached hydrogen (secondary N) is 1. The summed E-state index contributed by atoms with van der Waals surface area (Å²) in [5, 5.41) is 20.3. The first kappa shape index (κ1) is 16.9. The minimum Gasteiger partial charge on any atom is -0.480 e. The number of rotatable bonds is 6. The van der Waals surface area contributed by atoms with E-state index in [-0.39, 0.29) is 0 Å². The Morgan fingerprint density at radius 2 is 2.05 bits per heavy atom. The number of nitriles is 1. The van der Waals surface area contributed by atoms with Gasteiger partial charge in [0.1, 0.15) is 6.04 Å². The highest BCUT2D eigenvalue weighted by Gasteiger charge is 2.21. The van der Waals surface area contributed by atoms with Crippen molar-refractivity contribution in [3.8, 4) is 6.07 Å². The van der Waals surface area contributed by atoms with Gasteiger partial charge < -0.3 is 10.4 Å². The molecule has 1 rings (SSSR count). The van der Waals surface area contributed by atoms with Gasteiger partial charge in [0.25, 0.3) is 0 Å². The van der Waals surface area contributed by atoms with Crippen LogP contribution in [0.25, 0.3) is 0 Å². The van der Waals surface area contributed by atoms with E-state index in [1.165, 1.54) is 16.7 Å². The first-order valence-electron chi connectivity index (χ1n) is 6.25. The normalized spacial score (nSPS) is 11.3. The van der Waals surface area contributed by atoms with Crippen LogP contribution in [0.5, 0.6) is 0 Å². The molecule has 0 aliphatic heterocycles. The van der Waals surface area contributed by atoms with Crippen molar-refractivity contribution in [3.05, 3.63) is 29.8 Å². The fourth-order valence-electron chi connectivity index (χ4n) is 1.62. The van der Waals surface area contributed by atoms with E-state index >= 15 is 0 Å². The monoisotopic (exact) mass is 307 g/mol. The molecule has 0 fully saturated rings. The van der Waals surface area contributed by atoms with Crippen molar-refractivity contribution in [1.82, 2.24) is 5.32 Å². The van der Waals surface area contributed by atoms with Crippen LogP contribution < -0.4 is 10.2 Å². The summed E-state index contributed by atoms with van der Waals surface area (Å²) in [6, 6.07) is 7.06. The third-order valence-corrected chi connectivity index (χ3v) is 3.54. The first-order chi connectivity index (χ1) is 9.99. The number of carboxylic acids is 1. The zero-order valence-electron chi connectivity index (χ0n) is 11.9. The number of amides is 2. The number of hydrogen-bond donors (Lipinski definition) is 2. The van der Waals surface area contributed by atoms with Crippen molar-refractivity contribution in [2.75, 3.05) is 24.0 Å². The molecule has 6 nitrogen and oxygen atoms in total. The van der Waals surface area contributed by atoms with Crippen LogP contribution in [0.1, 0.15) is 12.0 Å². The molecule has 2 N–H and O–H groups in total. The number of carboxylic acid groups (broad SMARTS) is 1. The fourth-order valence-corrected chi connectivity index (χ4v) is 2.09. The summed E-state index contributed by atoms with van der Waals surface area (Å²) >= 11 is 1.52. The van der Waals surface area contributed by atoms with Crippen LogP contribution in [0.2, 0.25) is 0 Å². The van der Waals surface area contributed by atoms with E-state index in [0.29, 0.717) is 23.4 Å². The Balaban J connectivity index is 2.71. The molecule has 1 aromatic carbocycles. The number of urea groups is 1. The van der Waals surface area contributed by atoms with E-state index in [1.54, 1.807) is 31.3 Å².